The predicted molar refractivity (Wildman–Crippen MR) is 147 cm³/mol. The zero-order valence-corrected chi connectivity index (χ0v) is 23.0. The van der Waals surface area contributed by atoms with E-state index in [1.165, 1.54) is 37.1 Å². The number of hydrazine groups is 1. The molecule has 2 amide bonds. The molecular formula is C26H26N6O5S2. The Morgan fingerprint density at radius 2 is 1.59 bits per heavy atom. The molecule has 11 nitrogen and oxygen atoms in total. The Labute approximate surface area is 230 Å². The molecule has 0 radical (unpaired) electrons. The maximum absolute atomic E-state index is 13.0. The Hall–Kier alpha value is -4.36. The van der Waals surface area contributed by atoms with Crippen molar-refractivity contribution in [3.05, 3.63) is 95.3 Å². The van der Waals surface area contributed by atoms with Crippen molar-refractivity contribution in [2.45, 2.75) is 22.7 Å². The molecule has 0 saturated carbocycles. The number of hydrogen-bond donors (Lipinski definition) is 3. The zero-order chi connectivity index (χ0) is 28.0. The molecule has 13 heteroatoms. The zero-order valence-electron chi connectivity index (χ0n) is 21.3. The van der Waals surface area contributed by atoms with Gasteiger partial charge in [-0.2, -0.15) is 0 Å². The van der Waals surface area contributed by atoms with Gasteiger partial charge in [-0.05, 0) is 55.0 Å². The van der Waals surface area contributed by atoms with Crippen LogP contribution in [0.25, 0.3) is 0 Å². The molecule has 0 aliphatic rings. The normalized spacial score (nSPS) is 11.1. The van der Waals surface area contributed by atoms with Crippen LogP contribution in [-0.2, 0) is 22.8 Å². The first kappa shape index (κ1) is 27.7. The van der Waals surface area contributed by atoms with Crippen LogP contribution in [0.2, 0.25) is 0 Å². The maximum Gasteiger partial charge on any atom is 0.269 e. The number of sulfonamides is 1. The maximum atomic E-state index is 13.0. The van der Waals surface area contributed by atoms with Crippen LogP contribution in [-0.4, -0.2) is 42.1 Å². The average Bonchev–Trinajstić information content (AvgIpc) is 3.35. The van der Waals surface area contributed by atoms with Crippen LogP contribution in [0.15, 0.2) is 83.1 Å². The molecule has 39 heavy (non-hydrogen) atoms. The fourth-order valence-electron chi connectivity index (χ4n) is 3.42. The van der Waals surface area contributed by atoms with Gasteiger partial charge in [-0.25, -0.2) is 8.42 Å². The second-order valence-corrected chi connectivity index (χ2v) is 11.0. The van der Waals surface area contributed by atoms with Crippen molar-refractivity contribution in [3.8, 4) is 5.75 Å². The second-order valence-electron chi connectivity index (χ2n) is 8.46. The first-order valence-electron chi connectivity index (χ1n) is 11.6. The Kier molecular flexibility index (Phi) is 8.52. The third kappa shape index (κ3) is 6.94. The number of carbonyl (C=O) groups excluding carboxylic acids is 2. The molecule has 0 aliphatic heterocycles. The van der Waals surface area contributed by atoms with E-state index in [0.717, 1.165) is 16.3 Å². The summed E-state index contributed by atoms with van der Waals surface area (Å²) in [5.41, 5.74) is 7.33. The van der Waals surface area contributed by atoms with Gasteiger partial charge in [-0.1, -0.05) is 41.6 Å². The highest BCUT2D eigenvalue weighted by atomic mass is 32.2. The van der Waals surface area contributed by atoms with Gasteiger partial charge in [-0.15, -0.1) is 10.2 Å². The van der Waals surface area contributed by atoms with E-state index in [9.17, 15) is 18.0 Å². The predicted octanol–water partition coefficient (Wildman–Crippen LogP) is 3.30. The molecule has 4 aromatic rings. The third-order valence-corrected chi connectivity index (χ3v) is 8.07. The fraction of sp³-hybridized carbons (Fsp3) is 0.154. The lowest BCUT2D eigenvalue weighted by atomic mass is 10.1. The van der Waals surface area contributed by atoms with E-state index in [1.54, 1.807) is 42.7 Å². The molecule has 0 atom stereocenters. The molecule has 4 rings (SSSR count). The van der Waals surface area contributed by atoms with Crippen LogP contribution >= 0.6 is 11.8 Å². The molecule has 1 aromatic heterocycles. The summed E-state index contributed by atoms with van der Waals surface area (Å²) in [7, 11) is -0.885. The van der Waals surface area contributed by atoms with Crippen molar-refractivity contribution in [1.82, 2.24) is 25.6 Å². The number of ether oxygens (including phenoxy) is 1. The Morgan fingerprint density at radius 3 is 2.21 bits per heavy atom. The molecule has 0 aliphatic carbocycles. The van der Waals surface area contributed by atoms with Crippen molar-refractivity contribution in [3.63, 3.8) is 0 Å². The summed E-state index contributed by atoms with van der Waals surface area (Å²) in [5, 5.41) is 8.64. The Bertz CT molecular complexity index is 1590. The van der Waals surface area contributed by atoms with Crippen molar-refractivity contribution in [2.24, 2.45) is 7.05 Å². The van der Waals surface area contributed by atoms with Crippen molar-refractivity contribution in [2.75, 3.05) is 11.8 Å². The number of methoxy groups -OCH3 is 1. The number of hydrogen-bond acceptors (Lipinski definition) is 8. The molecule has 0 saturated heterocycles. The minimum Gasteiger partial charge on any atom is -0.495 e. The minimum absolute atomic E-state index is 0.0107. The van der Waals surface area contributed by atoms with Crippen molar-refractivity contribution < 1.29 is 22.7 Å². The SMILES string of the molecule is COc1ccc(C(=O)NNC(=O)c2ccc(CSc3nncn3C)cc2)cc1S(=O)(=O)Nc1ccc(C)cc1. The third-order valence-electron chi connectivity index (χ3n) is 5.56. The van der Waals surface area contributed by atoms with Crippen LogP contribution in [0.3, 0.4) is 0 Å². The summed E-state index contributed by atoms with van der Waals surface area (Å²) in [6.45, 7) is 1.89. The molecule has 0 unspecified atom stereocenters. The van der Waals surface area contributed by atoms with Gasteiger partial charge in [0.15, 0.2) is 5.16 Å². The van der Waals surface area contributed by atoms with Gasteiger partial charge in [0.25, 0.3) is 21.8 Å². The van der Waals surface area contributed by atoms with Crippen LogP contribution in [0.1, 0.15) is 31.8 Å². The molecule has 3 aromatic carbocycles. The van der Waals surface area contributed by atoms with Crippen LogP contribution in [0, 0.1) is 6.92 Å². The summed E-state index contributed by atoms with van der Waals surface area (Å²) in [6.07, 6.45) is 1.62. The van der Waals surface area contributed by atoms with Crippen molar-refractivity contribution in [1.29, 1.82) is 0 Å². The molecule has 0 spiro atoms. The standard InChI is InChI=1S/C26H26N6O5S2/c1-17-4-11-21(12-5-17)31-39(35,36)23-14-20(10-13-22(23)37-3)25(34)29-28-24(33)19-8-6-18(7-9-19)15-38-26-30-27-16-32(26)2/h4-14,16,31H,15H2,1-3H3,(H,28,33)(H,29,34). The molecule has 202 valence electrons. The van der Waals surface area contributed by atoms with E-state index in [0.29, 0.717) is 17.0 Å². The smallest absolute Gasteiger partial charge is 0.269 e. The number of benzene rings is 3. The van der Waals surface area contributed by atoms with E-state index >= 15 is 0 Å². The minimum atomic E-state index is -4.08. The number of nitrogens with zero attached hydrogens (tertiary/aromatic N) is 3. The van der Waals surface area contributed by atoms with E-state index in [-0.39, 0.29) is 16.2 Å². The summed E-state index contributed by atoms with van der Waals surface area (Å²) >= 11 is 1.51. The Morgan fingerprint density at radius 1 is 0.949 bits per heavy atom. The number of rotatable bonds is 9. The first-order chi connectivity index (χ1) is 18.7. The number of carbonyl (C=O) groups is 2. The lowest BCUT2D eigenvalue weighted by molar-refractivity contribution is 0.0846. The molecular weight excluding hydrogens is 540 g/mol. The highest BCUT2D eigenvalue weighted by Crippen LogP contribution is 2.27. The lowest BCUT2D eigenvalue weighted by Gasteiger charge is -2.14. The number of aromatic nitrogens is 3. The molecule has 0 bridgehead atoms. The lowest BCUT2D eigenvalue weighted by Crippen LogP contribution is -2.41. The first-order valence-corrected chi connectivity index (χ1v) is 14.1. The summed E-state index contributed by atoms with van der Waals surface area (Å²) in [6, 6.07) is 17.7. The van der Waals surface area contributed by atoms with Gasteiger partial charge in [0, 0.05) is 29.6 Å². The van der Waals surface area contributed by atoms with Crippen LogP contribution < -0.4 is 20.3 Å². The summed E-state index contributed by atoms with van der Waals surface area (Å²) in [5.74, 6) is -0.521. The molecule has 3 N–H and O–H groups in total. The van der Waals surface area contributed by atoms with Gasteiger partial charge in [0.1, 0.15) is 17.0 Å². The number of amides is 2. The fourth-order valence-corrected chi connectivity index (χ4v) is 5.52. The molecule has 1 heterocycles. The topological polar surface area (TPSA) is 144 Å². The van der Waals surface area contributed by atoms with E-state index in [4.69, 9.17) is 4.74 Å². The summed E-state index contributed by atoms with van der Waals surface area (Å²) < 4.78 is 35.6. The highest BCUT2D eigenvalue weighted by Gasteiger charge is 2.22. The van der Waals surface area contributed by atoms with Gasteiger partial charge >= 0.3 is 0 Å². The van der Waals surface area contributed by atoms with Gasteiger partial charge in [0.2, 0.25) is 0 Å². The van der Waals surface area contributed by atoms with Crippen LogP contribution in [0.4, 0.5) is 5.69 Å². The highest BCUT2D eigenvalue weighted by molar-refractivity contribution is 7.98. The quantitative estimate of drug-likeness (QED) is 0.207. The number of anilines is 1. The van der Waals surface area contributed by atoms with E-state index in [2.05, 4.69) is 25.8 Å². The van der Waals surface area contributed by atoms with Crippen LogP contribution in [0.5, 0.6) is 5.75 Å². The van der Waals surface area contributed by atoms with Crippen molar-refractivity contribution >= 4 is 39.3 Å². The van der Waals surface area contributed by atoms with Gasteiger partial charge < -0.3 is 9.30 Å². The second kappa shape index (κ2) is 12.0. The van der Waals surface area contributed by atoms with Gasteiger partial charge in [-0.3, -0.25) is 25.2 Å². The Balaban J connectivity index is 1.39. The molecule has 0 fully saturated rings. The monoisotopic (exact) mass is 566 g/mol. The largest absolute Gasteiger partial charge is 0.495 e. The van der Waals surface area contributed by atoms with E-state index in [1.807, 2.05) is 30.7 Å². The van der Waals surface area contributed by atoms with E-state index < -0.39 is 21.8 Å². The average molecular weight is 567 g/mol. The van der Waals surface area contributed by atoms with Gasteiger partial charge in [0.05, 0.1) is 7.11 Å². The number of nitrogens with one attached hydrogen (secondary N) is 3. The summed E-state index contributed by atoms with van der Waals surface area (Å²) in [4.78, 5) is 25.1. The number of thioether (sulfide) groups is 1. The number of aryl methyl sites for hydroxylation is 2.